The van der Waals surface area contributed by atoms with E-state index in [1.54, 1.807) is 17.8 Å². The van der Waals surface area contributed by atoms with Gasteiger partial charge in [-0.3, -0.25) is 29.1 Å². The van der Waals surface area contributed by atoms with Gasteiger partial charge in [0.2, 0.25) is 5.91 Å². The Balaban J connectivity index is 0.000000193. The Hall–Kier alpha value is -5.31. The van der Waals surface area contributed by atoms with Gasteiger partial charge in [0.15, 0.2) is 0 Å². The van der Waals surface area contributed by atoms with Gasteiger partial charge in [-0.25, -0.2) is 4.68 Å². The molecule has 3 amide bonds. The van der Waals surface area contributed by atoms with Crippen LogP contribution in [0.5, 0.6) is 0 Å². The van der Waals surface area contributed by atoms with Crippen LogP contribution < -0.4 is 15.5 Å². The number of amides is 3. The molecule has 3 aliphatic rings. The number of rotatable bonds is 10. The van der Waals surface area contributed by atoms with E-state index < -0.39 is 23.7 Å². The molecule has 11 nitrogen and oxygen atoms in total. The number of likely N-dealkylation sites (N-methyl/N-ethyl adjacent to an activating group) is 1. The lowest BCUT2D eigenvalue weighted by Crippen LogP contribution is -2.56. The molecule has 2 N–H and O–H groups in total. The molecule has 0 bridgehead atoms. The molecule has 1 aromatic heterocycles. The maximum atomic E-state index is 13.1. The number of hydrogen-bond acceptors (Lipinski definition) is 7. The van der Waals surface area contributed by atoms with Crippen molar-refractivity contribution in [2.75, 3.05) is 57.4 Å². The first-order valence-corrected chi connectivity index (χ1v) is 18.0. The second-order valence-corrected chi connectivity index (χ2v) is 13.4. The minimum absolute atomic E-state index is 0.0522. The normalized spacial score (nSPS) is 17.8. The maximum Gasteiger partial charge on any atom is 0.416 e. The predicted molar refractivity (Wildman–Crippen MR) is 198 cm³/mol. The number of para-hydroxylation sites is 1. The zero-order valence-electron chi connectivity index (χ0n) is 30.1. The summed E-state index contributed by atoms with van der Waals surface area (Å²) in [4.78, 5) is 44.2. The Labute approximate surface area is 312 Å². The van der Waals surface area contributed by atoms with Crippen molar-refractivity contribution in [1.29, 1.82) is 0 Å². The van der Waals surface area contributed by atoms with Crippen LogP contribution in [-0.2, 0) is 33.5 Å². The molecule has 7 rings (SSSR count). The summed E-state index contributed by atoms with van der Waals surface area (Å²) in [6.07, 6.45) is -2.72. The molecule has 2 saturated heterocycles. The molecule has 14 heteroatoms. The number of hydrogen-bond donors (Lipinski definition) is 2. The highest BCUT2D eigenvalue weighted by Crippen LogP contribution is 2.31. The second kappa shape index (κ2) is 17.2. The summed E-state index contributed by atoms with van der Waals surface area (Å²) in [6, 6.07) is 23.1. The lowest BCUT2D eigenvalue weighted by molar-refractivity contribution is -0.137. The van der Waals surface area contributed by atoms with Crippen molar-refractivity contribution in [2.24, 2.45) is 0 Å². The van der Waals surface area contributed by atoms with Crippen molar-refractivity contribution in [3.63, 3.8) is 0 Å². The molecule has 0 radical (unpaired) electrons. The molecule has 0 spiro atoms. The number of piperazine rings is 1. The Morgan fingerprint density at radius 2 is 1.63 bits per heavy atom. The Morgan fingerprint density at radius 1 is 0.944 bits per heavy atom. The fourth-order valence-electron chi connectivity index (χ4n) is 6.63. The number of carbonyl (C=O) groups is 3. The maximum absolute atomic E-state index is 13.1. The number of carbonyl (C=O) groups excluding carboxylic acids is 3. The van der Waals surface area contributed by atoms with Crippen molar-refractivity contribution in [3.05, 3.63) is 126 Å². The molecule has 3 aliphatic heterocycles. The lowest BCUT2D eigenvalue weighted by atomic mass is 10.0. The van der Waals surface area contributed by atoms with Gasteiger partial charge in [0.05, 0.1) is 36.7 Å². The first-order chi connectivity index (χ1) is 26.0. The van der Waals surface area contributed by atoms with Gasteiger partial charge in [-0.1, -0.05) is 61.2 Å². The van der Waals surface area contributed by atoms with Gasteiger partial charge < -0.3 is 15.4 Å². The van der Waals surface area contributed by atoms with Crippen LogP contribution in [0.3, 0.4) is 0 Å². The zero-order chi connectivity index (χ0) is 38.2. The van der Waals surface area contributed by atoms with E-state index in [2.05, 4.69) is 32.1 Å². The molecule has 54 heavy (non-hydrogen) atoms. The first-order valence-electron chi connectivity index (χ1n) is 18.0. The standard InChI is InChI=1S/C22H19F3N4O2.C18H25N3O2/c1-2-28-20-15(13-26-29(20)17-9-4-3-5-10-17)12-18(21(28)31)27-19(30)14-7-6-8-16(11-14)22(23,24)25;1-15(18(22)19-11-16-5-3-2-4-6-16)12-20-7-9-21(10-8-20)17-13-23-14-17/h3-11,13,18H,2,12H2,1H3,(H,27,30);2-6,17H,1,7-14H2,(H,19,22). The number of anilines is 1. The van der Waals surface area contributed by atoms with Crippen molar-refractivity contribution in [3.8, 4) is 5.69 Å². The van der Waals surface area contributed by atoms with E-state index in [9.17, 15) is 27.6 Å². The molecule has 4 aromatic rings. The minimum Gasteiger partial charge on any atom is -0.378 e. The Morgan fingerprint density at radius 3 is 2.26 bits per heavy atom. The summed E-state index contributed by atoms with van der Waals surface area (Å²) in [5.41, 5.74) is 2.22. The molecule has 1 atom stereocenters. The molecule has 0 aliphatic carbocycles. The van der Waals surface area contributed by atoms with Crippen LogP contribution in [-0.4, -0.2) is 102 Å². The zero-order valence-corrected chi connectivity index (χ0v) is 30.1. The van der Waals surface area contributed by atoms with Crippen LogP contribution in [0.4, 0.5) is 19.0 Å². The smallest absolute Gasteiger partial charge is 0.378 e. The number of nitrogens with one attached hydrogen (secondary N) is 2. The third kappa shape index (κ3) is 9.24. The van der Waals surface area contributed by atoms with Gasteiger partial charge >= 0.3 is 6.18 Å². The van der Waals surface area contributed by atoms with E-state index in [4.69, 9.17) is 4.74 Å². The van der Waals surface area contributed by atoms with E-state index in [1.807, 2.05) is 60.7 Å². The van der Waals surface area contributed by atoms with E-state index in [0.717, 1.165) is 68.3 Å². The van der Waals surface area contributed by atoms with Crippen molar-refractivity contribution in [1.82, 2.24) is 30.2 Å². The van der Waals surface area contributed by atoms with Crippen LogP contribution in [0.15, 0.2) is 103 Å². The van der Waals surface area contributed by atoms with Crippen LogP contribution in [0.25, 0.3) is 5.69 Å². The van der Waals surface area contributed by atoms with Crippen LogP contribution >= 0.6 is 0 Å². The molecule has 4 heterocycles. The highest BCUT2D eigenvalue weighted by molar-refractivity contribution is 6.04. The van der Waals surface area contributed by atoms with Crippen LogP contribution in [0.2, 0.25) is 0 Å². The molecule has 3 aromatic carbocycles. The van der Waals surface area contributed by atoms with E-state index >= 15 is 0 Å². The number of benzene rings is 3. The summed E-state index contributed by atoms with van der Waals surface area (Å²) in [5.74, 6) is -0.501. The molecule has 0 saturated carbocycles. The number of alkyl halides is 3. The van der Waals surface area contributed by atoms with Gasteiger partial charge in [-0.05, 0) is 42.8 Å². The van der Waals surface area contributed by atoms with Gasteiger partial charge in [-0.2, -0.15) is 18.3 Å². The molecule has 284 valence electrons. The number of aromatic nitrogens is 2. The van der Waals surface area contributed by atoms with E-state index in [1.165, 1.54) is 17.0 Å². The minimum atomic E-state index is -4.56. The number of ether oxygens (including phenoxy) is 1. The molecular weight excluding hydrogens is 699 g/mol. The van der Waals surface area contributed by atoms with E-state index in [-0.39, 0.29) is 23.8 Å². The summed E-state index contributed by atoms with van der Waals surface area (Å²) in [7, 11) is 0. The summed E-state index contributed by atoms with van der Waals surface area (Å²) >= 11 is 0. The van der Waals surface area contributed by atoms with Crippen molar-refractivity contribution < 1.29 is 32.3 Å². The largest absolute Gasteiger partial charge is 0.416 e. The van der Waals surface area contributed by atoms with Gasteiger partial charge in [0.1, 0.15) is 11.9 Å². The summed E-state index contributed by atoms with van der Waals surface area (Å²) in [5, 5.41) is 9.92. The molecule has 2 fully saturated rings. The number of halogens is 3. The SMILES string of the molecule is C=C(CN1CCN(C2COC2)CC1)C(=O)NCc1ccccc1.CCN1C(=O)C(NC(=O)c2cccc(C(F)(F)F)c2)Cc2cnn(-c3ccccc3)c21. The third-order valence-electron chi connectivity index (χ3n) is 9.71. The highest BCUT2D eigenvalue weighted by atomic mass is 19.4. The predicted octanol–water partition coefficient (Wildman–Crippen LogP) is 4.47. The number of fused-ring (bicyclic) bond motifs is 1. The van der Waals surface area contributed by atoms with Gasteiger partial charge in [0, 0.05) is 68.9 Å². The van der Waals surface area contributed by atoms with Crippen molar-refractivity contribution in [2.45, 2.75) is 38.1 Å². The quantitative estimate of drug-likeness (QED) is 0.231. The summed E-state index contributed by atoms with van der Waals surface area (Å²) < 4.78 is 45.8. The Kier molecular flexibility index (Phi) is 12.3. The van der Waals surface area contributed by atoms with Crippen LogP contribution in [0.1, 0.15) is 34.0 Å². The fraction of sp³-hybridized carbons (Fsp3) is 0.350. The summed E-state index contributed by atoms with van der Waals surface area (Å²) in [6.45, 7) is 13.1. The van der Waals surface area contributed by atoms with Crippen molar-refractivity contribution >= 4 is 23.5 Å². The fourth-order valence-corrected chi connectivity index (χ4v) is 6.63. The monoisotopic (exact) mass is 743 g/mol. The second-order valence-electron chi connectivity index (χ2n) is 13.4. The van der Waals surface area contributed by atoms with Gasteiger partial charge in [-0.15, -0.1) is 0 Å². The average molecular weight is 744 g/mol. The number of nitrogens with zero attached hydrogens (tertiary/aromatic N) is 5. The third-order valence-corrected chi connectivity index (χ3v) is 9.71. The van der Waals surface area contributed by atoms with Gasteiger partial charge in [0.25, 0.3) is 11.8 Å². The Bertz CT molecular complexity index is 1920. The first kappa shape index (κ1) is 38.4. The topological polar surface area (TPSA) is 112 Å². The highest BCUT2D eigenvalue weighted by Gasteiger charge is 2.37. The molecular formula is C40H44F3N7O4. The van der Waals surface area contributed by atoms with Crippen LogP contribution in [0, 0.1) is 0 Å². The average Bonchev–Trinajstić information content (AvgIpc) is 3.58. The molecule has 1 unspecified atom stereocenters. The lowest BCUT2D eigenvalue weighted by Gasteiger charge is -2.42. The van der Waals surface area contributed by atoms with E-state index in [0.29, 0.717) is 37.1 Å².